The number of thiazole rings is 1. The number of para-hydroxylation sites is 1. The van der Waals surface area contributed by atoms with Gasteiger partial charge in [0.1, 0.15) is 23.3 Å². The van der Waals surface area contributed by atoms with Gasteiger partial charge in [-0.05, 0) is 55.5 Å². The van der Waals surface area contributed by atoms with Crippen LogP contribution in [0.4, 0.5) is 11.4 Å². The Morgan fingerprint density at radius 3 is 2.63 bits per heavy atom. The number of carbonyl (C=O) groups is 4. The highest BCUT2D eigenvalue weighted by atomic mass is 32.1. The molecular formula is C31H26N4O7S. The van der Waals surface area contributed by atoms with Crippen LogP contribution in [0.15, 0.2) is 72.1 Å². The highest BCUT2D eigenvalue weighted by molar-refractivity contribution is 7.09. The second-order valence-electron chi connectivity index (χ2n) is 9.85. The van der Waals surface area contributed by atoms with Crippen molar-refractivity contribution in [3.63, 3.8) is 0 Å². The summed E-state index contributed by atoms with van der Waals surface area (Å²) in [5.74, 6) is -0.645. The SMILES string of the molecule is COc1ccc(-c2csc(CN(C(=O)CN3C(=O)C(=O)c4ccccc43)C(C)C(=O)Nc3ccc4c(c3)OCO4)n2)cc1. The van der Waals surface area contributed by atoms with Gasteiger partial charge in [-0.2, -0.15) is 0 Å². The Kier molecular flexibility index (Phi) is 7.51. The molecule has 0 fully saturated rings. The number of ketones is 1. The highest BCUT2D eigenvalue weighted by Gasteiger charge is 2.38. The molecule has 11 nitrogen and oxygen atoms in total. The fourth-order valence-corrected chi connectivity index (χ4v) is 5.66. The van der Waals surface area contributed by atoms with Crippen molar-refractivity contribution >= 4 is 46.2 Å². The summed E-state index contributed by atoms with van der Waals surface area (Å²) >= 11 is 1.35. The molecule has 4 aromatic rings. The first kappa shape index (κ1) is 27.9. The summed E-state index contributed by atoms with van der Waals surface area (Å²) in [5, 5.41) is 5.29. The largest absolute Gasteiger partial charge is 0.497 e. The molecule has 6 rings (SSSR count). The lowest BCUT2D eigenvalue weighted by Gasteiger charge is -2.29. The Hall–Kier alpha value is -5.23. The summed E-state index contributed by atoms with van der Waals surface area (Å²) in [4.78, 5) is 59.8. The van der Waals surface area contributed by atoms with Crippen LogP contribution in [0.25, 0.3) is 11.3 Å². The van der Waals surface area contributed by atoms with Crippen LogP contribution in [0.2, 0.25) is 0 Å². The van der Waals surface area contributed by atoms with E-state index in [0.29, 0.717) is 33.6 Å². The number of nitrogens with zero attached hydrogens (tertiary/aromatic N) is 3. The average molecular weight is 599 g/mol. The van der Waals surface area contributed by atoms with Crippen molar-refractivity contribution in [2.45, 2.75) is 19.5 Å². The van der Waals surface area contributed by atoms with Crippen LogP contribution >= 0.6 is 11.3 Å². The number of hydrogen-bond acceptors (Lipinski definition) is 9. The molecule has 12 heteroatoms. The van der Waals surface area contributed by atoms with Crippen LogP contribution in [0.3, 0.4) is 0 Å². The van der Waals surface area contributed by atoms with E-state index in [0.717, 1.165) is 16.2 Å². The minimum Gasteiger partial charge on any atom is -0.497 e. The van der Waals surface area contributed by atoms with E-state index in [1.165, 1.54) is 16.2 Å². The van der Waals surface area contributed by atoms with Crippen LogP contribution in [-0.2, 0) is 20.9 Å². The second kappa shape index (κ2) is 11.6. The molecule has 2 aliphatic rings. The zero-order valence-corrected chi connectivity index (χ0v) is 24.1. The minimum absolute atomic E-state index is 0.00695. The number of nitrogens with one attached hydrogen (secondary N) is 1. The first-order valence-electron chi connectivity index (χ1n) is 13.4. The molecule has 2 aliphatic heterocycles. The van der Waals surface area contributed by atoms with Gasteiger partial charge in [-0.15, -0.1) is 11.3 Å². The molecule has 43 heavy (non-hydrogen) atoms. The van der Waals surface area contributed by atoms with E-state index in [1.807, 2.05) is 29.6 Å². The van der Waals surface area contributed by atoms with E-state index >= 15 is 0 Å². The predicted molar refractivity (Wildman–Crippen MR) is 158 cm³/mol. The van der Waals surface area contributed by atoms with Crippen LogP contribution in [0, 0.1) is 0 Å². The van der Waals surface area contributed by atoms with Crippen molar-refractivity contribution in [3.8, 4) is 28.5 Å². The molecule has 1 aromatic heterocycles. The molecule has 1 N–H and O–H groups in total. The van der Waals surface area contributed by atoms with Crippen LogP contribution in [0.1, 0.15) is 22.3 Å². The Morgan fingerprint density at radius 1 is 1.07 bits per heavy atom. The number of benzene rings is 3. The summed E-state index contributed by atoms with van der Waals surface area (Å²) in [5.41, 5.74) is 2.65. The average Bonchev–Trinajstić information content (AvgIpc) is 3.75. The van der Waals surface area contributed by atoms with Gasteiger partial charge in [-0.25, -0.2) is 4.98 Å². The Bertz CT molecular complexity index is 1740. The third kappa shape index (κ3) is 5.52. The zero-order valence-electron chi connectivity index (χ0n) is 23.2. The van der Waals surface area contributed by atoms with E-state index in [4.69, 9.17) is 19.2 Å². The maximum absolute atomic E-state index is 13.8. The molecule has 0 aliphatic carbocycles. The zero-order chi connectivity index (χ0) is 30.1. The van der Waals surface area contributed by atoms with Crippen molar-refractivity contribution < 1.29 is 33.4 Å². The van der Waals surface area contributed by atoms with Crippen LogP contribution < -0.4 is 24.4 Å². The number of ether oxygens (including phenoxy) is 3. The minimum atomic E-state index is -0.963. The van der Waals surface area contributed by atoms with Gasteiger partial charge in [-0.3, -0.25) is 24.1 Å². The van der Waals surface area contributed by atoms with Crippen molar-refractivity contribution in [1.82, 2.24) is 9.88 Å². The number of fused-ring (bicyclic) bond motifs is 2. The molecule has 1 unspecified atom stereocenters. The molecule has 1 atom stereocenters. The maximum Gasteiger partial charge on any atom is 0.299 e. The Balaban J connectivity index is 1.25. The van der Waals surface area contributed by atoms with Crippen molar-refractivity contribution in [3.05, 3.63) is 82.7 Å². The highest BCUT2D eigenvalue weighted by Crippen LogP contribution is 2.34. The molecule has 3 aromatic carbocycles. The number of hydrogen-bond donors (Lipinski definition) is 1. The van der Waals surface area contributed by atoms with Gasteiger partial charge >= 0.3 is 0 Å². The van der Waals surface area contributed by atoms with Crippen molar-refractivity contribution in [2.24, 2.45) is 0 Å². The summed E-state index contributed by atoms with van der Waals surface area (Å²) < 4.78 is 16.0. The number of aromatic nitrogens is 1. The molecule has 0 radical (unpaired) electrons. The molecule has 218 valence electrons. The molecular weight excluding hydrogens is 572 g/mol. The number of rotatable bonds is 9. The fourth-order valence-electron chi connectivity index (χ4n) is 4.86. The summed E-state index contributed by atoms with van der Waals surface area (Å²) in [6.07, 6.45) is 0. The molecule has 3 amide bonds. The van der Waals surface area contributed by atoms with E-state index in [2.05, 4.69) is 5.32 Å². The lowest BCUT2D eigenvalue weighted by molar-refractivity contribution is -0.138. The smallest absolute Gasteiger partial charge is 0.299 e. The number of amides is 3. The maximum atomic E-state index is 13.8. The molecule has 0 saturated carbocycles. The second-order valence-corrected chi connectivity index (χ2v) is 10.8. The van der Waals surface area contributed by atoms with Gasteiger partial charge in [0.05, 0.1) is 30.6 Å². The third-order valence-electron chi connectivity index (χ3n) is 7.22. The quantitative estimate of drug-likeness (QED) is 0.285. The van der Waals surface area contributed by atoms with E-state index in [1.54, 1.807) is 56.5 Å². The molecule has 3 heterocycles. The van der Waals surface area contributed by atoms with E-state index in [9.17, 15) is 19.2 Å². The number of Topliss-reactive ketones (excluding diaryl/α,β-unsaturated/α-hetero) is 1. The summed E-state index contributed by atoms with van der Waals surface area (Å²) in [6, 6.07) is 18.0. The van der Waals surface area contributed by atoms with E-state index in [-0.39, 0.29) is 18.9 Å². The van der Waals surface area contributed by atoms with E-state index < -0.39 is 36.1 Å². The predicted octanol–water partition coefficient (Wildman–Crippen LogP) is 4.13. The van der Waals surface area contributed by atoms with Gasteiger partial charge in [0.25, 0.3) is 11.7 Å². The monoisotopic (exact) mass is 598 g/mol. The fraction of sp³-hybridized carbons (Fsp3) is 0.194. The lowest BCUT2D eigenvalue weighted by atomic mass is 10.1. The normalized spacial score (nSPS) is 14.0. The van der Waals surface area contributed by atoms with Crippen molar-refractivity contribution in [2.75, 3.05) is 30.7 Å². The van der Waals surface area contributed by atoms with Gasteiger partial charge < -0.3 is 24.4 Å². The molecule has 0 spiro atoms. The Labute approximate surface area is 250 Å². The molecule has 0 saturated heterocycles. The standard InChI is InChI=1S/C31H26N4O7S/c1-18(30(38)32-20-9-12-25-26(13-20)42-17-41-25)34(14-27-33-23(16-43-27)19-7-10-21(40-2)11-8-19)28(36)15-35-24-6-4-3-5-22(24)29(37)31(35)39/h3-13,16,18H,14-15,17H2,1-2H3,(H,32,38). The topological polar surface area (TPSA) is 127 Å². The van der Waals surface area contributed by atoms with Crippen LogP contribution in [0.5, 0.6) is 17.2 Å². The first-order valence-corrected chi connectivity index (χ1v) is 14.2. The lowest BCUT2D eigenvalue weighted by Crippen LogP contribution is -2.49. The van der Waals surface area contributed by atoms with Gasteiger partial charge in [0, 0.05) is 22.7 Å². The molecule has 0 bridgehead atoms. The third-order valence-corrected chi connectivity index (χ3v) is 8.06. The summed E-state index contributed by atoms with van der Waals surface area (Å²) in [6.45, 7) is 1.29. The Morgan fingerprint density at radius 2 is 1.84 bits per heavy atom. The van der Waals surface area contributed by atoms with Crippen molar-refractivity contribution in [1.29, 1.82) is 0 Å². The van der Waals surface area contributed by atoms with Gasteiger partial charge in [0.15, 0.2) is 11.5 Å². The number of methoxy groups -OCH3 is 1. The number of carbonyl (C=O) groups excluding carboxylic acids is 4. The van der Waals surface area contributed by atoms with Gasteiger partial charge in [0.2, 0.25) is 18.6 Å². The van der Waals surface area contributed by atoms with Gasteiger partial charge in [-0.1, -0.05) is 12.1 Å². The first-order chi connectivity index (χ1) is 20.8. The number of anilines is 2. The van der Waals surface area contributed by atoms with Crippen LogP contribution in [-0.4, -0.2) is 59.9 Å². The summed E-state index contributed by atoms with van der Waals surface area (Å²) in [7, 11) is 1.59.